The van der Waals surface area contributed by atoms with Gasteiger partial charge in [-0.1, -0.05) is 6.92 Å². The first-order chi connectivity index (χ1) is 7.81. The van der Waals surface area contributed by atoms with Gasteiger partial charge in [-0.15, -0.1) is 0 Å². The van der Waals surface area contributed by atoms with E-state index in [0.717, 1.165) is 45.7 Å². The minimum Gasteiger partial charge on any atom is -0.330 e. The van der Waals surface area contributed by atoms with Crippen LogP contribution in [0.3, 0.4) is 0 Å². The Kier molecular flexibility index (Phi) is 12.8. The third-order valence-corrected chi connectivity index (χ3v) is 2.53. The number of nitrogens with two attached hydrogens (primary N) is 1. The molecule has 0 rings (SSSR count). The normalized spacial score (nSPS) is 12.9. The van der Waals surface area contributed by atoms with Crippen LogP contribution in [0.15, 0.2) is 0 Å². The first kappa shape index (κ1) is 15.8. The Bertz CT molecular complexity index is 130. The molecule has 0 saturated heterocycles. The van der Waals surface area contributed by atoms with Crippen molar-refractivity contribution in [2.75, 3.05) is 39.3 Å². The molecule has 0 spiro atoms. The van der Waals surface area contributed by atoms with Crippen molar-refractivity contribution in [3.63, 3.8) is 0 Å². The van der Waals surface area contributed by atoms with E-state index in [-0.39, 0.29) is 0 Å². The average Bonchev–Trinajstić information content (AvgIpc) is 2.29. The molecule has 16 heavy (non-hydrogen) atoms. The molecule has 0 saturated carbocycles. The summed E-state index contributed by atoms with van der Waals surface area (Å²) in [6.07, 6.45) is 3.50. The van der Waals surface area contributed by atoms with E-state index in [1.54, 1.807) is 0 Å². The molecule has 0 aromatic carbocycles. The predicted octanol–water partition coefficient (Wildman–Crippen LogP) is 0.293. The maximum atomic E-state index is 5.44. The fraction of sp³-hybridized carbons (Fsp3) is 1.00. The second-order valence-corrected chi connectivity index (χ2v) is 4.26. The molecule has 0 heterocycles. The summed E-state index contributed by atoms with van der Waals surface area (Å²) in [5.41, 5.74) is 5.44. The lowest BCUT2D eigenvalue weighted by molar-refractivity contribution is 0.486. The van der Waals surface area contributed by atoms with Crippen molar-refractivity contribution >= 4 is 0 Å². The summed E-state index contributed by atoms with van der Waals surface area (Å²) in [4.78, 5) is 0. The van der Waals surface area contributed by atoms with Gasteiger partial charge in [0.25, 0.3) is 0 Å². The molecule has 1 atom stereocenters. The lowest BCUT2D eigenvalue weighted by atomic mass is 10.2. The Morgan fingerprint density at radius 2 is 1.75 bits per heavy atom. The second kappa shape index (κ2) is 12.9. The maximum absolute atomic E-state index is 5.44. The van der Waals surface area contributed by atoms with Gasteiger partial charge in [0, 0.05) is 12.6 Å². The van der Waals surface area contributed by atoms with E-state index >= 15 is 0 Å². The van der Waals surface area contributed by atoms with Crippen molar-refractivity contribution in [1.29, 1.82) is 0 Å². The molecule has 0 bridgehead atoms. The number of nitrogens with one attached hydrogen (secondary N) is 3. The van der Waals surface area contributed by atoms with Crippen LogP contribution in [0.4, 0.5) is 0 Å². The zero-order chi connectivity index (χ0) is 12.1. The summed E-state index contributed by atoms with van der Waals surface area (Å²) in [7, 11) is 0. The van der Waals surface area contributed by atoms with Gasteiger partial charge in [0.2, 0.25) is 0 Å². The van der Waals surface area contributed by atoms with E-state index < -0.39 is 0 Å². The topological polar surface area (TPSA) is 62.1 Å². The summed E-state index contributed by atoms with van der Waals surface area (Å²) in [5.74, 6) is 0. The highest BCUT2D eigenvalue weighted by Crippen LogP contribution is 1.85. The van der Waals surface area contributed by atoms with Crippen molar-refractivity contribution in [1.82, 2.24) is 16.0 Å². The van der Waals surface area contributed by atoms with Crippen LogP contribution in [-0.4, -0.2) is 45.3 Å². The Balaban J connectivity index is 3.08. The zero-order valence-electron chi connectivity index (χ0n) is 11.0. The molecule has 98 valence electrons. The van der Waals surface area contributed by atoms with Gasteiger partial charge >= 0.3 is 0 Å². The van der Waals surface area contributed by atoms with Crippen molar-refractivity contribution in [2.24, 2.45) is 5.73 Å². The molecule has 4 heteroatoms. The van der Waals surface area contributed by atoms with Crippen LogP contribution in [0.25, 0.3) is 0 Å². The van der Waals surface area contributed by atoms with Crippen LogP contribution in [0.5, 0.6) is 0 Å². The summed E-state index contributed by atoms with van der Waals surface area (Å²) in [6.45, 7) is 10.6. The molecule has 0 fully saturated rings. The standard InChI is InChI=1S/C12H30N4/c1-3-14-8-6-9-15-11-12(2)16-10-5-4-7-13/h12,14-16H,3-11,13H2,1-2H3. The van der Waals surface area contributed by atoms with Gasteiger partial charge in [-0.05, 0) is 58.9 Å². The molecule has 1 unspecified atom stereocenters. The first-order valence-electron chi connectivity index (χ1n) is 6.66. The van der Waals surface area contributed by atoms with Gasteiger partial charge < -0.3 is 21.7 Å². The molecule has 0 amide bonds. The Morgan fingerprint density at radius 1 is 1.00 bits per heavy atom. The zero-order valence-corrected chi connectivity index (χ0v) is 11.0. The van der Waals surface area contributed by atoms with Gasteiger partial charge in [-0.2, -0.15) is 0 Å². The first-order valence-corrected chi connectivity index (χ1v) is 6.66. The third kappa shape index (κ3) is 11.9. The number of hydrogen-bond acceptors (Lipinski definition) is 4. The van der Waals surface area contributed by atoms with E-state index in [9.17, 15) is 0 Å². The molecular weight excluding hydrogens is 200 g/mol. The highest BCUT2D eigenvalue weighted by atomic mass is 15.0. The maximum Gasteiger partial charge on any atom is 0.0164 e. The lowest BCUT2D eigenvalue weighted by Gasteiger charge is -2.14. The highest BCUT2D eigenvalue weighted by molar-refractivity contribution is 4.64. The third-order valence-electron chi connectivity index (χ3n) is 2.53. The van der Waals surface area contributed by atoms with Gasteiger partial charge in [-0.25, -0.2) is 0 Å². The van der Waals surface area contributed by atoms with Crippen LogP contribution in [-0.2, 0) is 0 Å². The van der Waals surface area contributed by atoms with E-state index in [0.29, 0.717) is 6.04 Å². The molecule has 5 N–H and O–H groups in total. The summed E-state index contributed by atoms with van der Waals surface area (Å²) < 4.78 is 0. The summed E-state index contributed by atoms with van der Waals surface area (Å²) in [6, 6.07) is 0.553. The molecular formula is C12H30N4. The van der Waals surface area contributed by atoms with Gasteiger partial charge in [0.15, 0.2) is 0 Å². The number of unbranched alkanes of at least 4 members (excludes halogenated alkanes) is 1. The minimum atomic E-state index is 0.553. The van der Waals surface area contributed by atoms with E-state index in [1.807, 2.05) is 0 Å². The average molecular weight is 230 g/mol. The molecule has 4 nitrogen and oxygen atoms in total. The van der Waals surface area contributed by atoms with Gasteiger partial charge in [0.05, 0.1) is 0 Å². The molecule has 0 aromatic rings. The van der Waals surface area contributed by atoms with Crippen molar-refractivity contribution < 1.29 is 0 Å². The molecule has 0 radical (unpaired) electrons. The largest absolute Gasteiger partial charge is 0.330 e. The van der Waals surface area contributed by atoms with Crippen LogP contribution < -0.4 is 21.7 Å². The van der Waals surface area contributed by atoms with Crippen molar-refractivity contribution in [3.05, 3.63) is 0 Å². The van der Waals surface area contributed by atoms with Crippen LogP contribution >= 0.6 is 0 Å². The molecule has 0 aliphatic rings. The second-order valence-electron chi connectivity index (χ2n) is 4.26. The predicted molar refractivity (Wildman–Crippen MR) is 71.8 cm³/mol. The van der Waals surface area contributed by atoms with Crippen LogP contribution in [0.1, 0.15) is 33.1 Å². The van der Waals surface area contributed by atoms with E-state index in [4.69, 9.17) is 5.73 Å². The minimum absolute atomic E-state index is 0.553. The number of rotatable bonds is 12. The fourth-order valence-corrected chi connectivity index (χ4v) is 1.52. The smallest absolute Gasteiger partial charge is 0.0164 e. The molecule has 0 aliphatic heterocycles. The summed E-state index contributed by atoms with van der Waals surface area (Å²) in [5, 5.41) is 10.3. The fourth-order valence-electron chi connectivity index (χ4n) is 1.52. The highest BCUT2D eigenvalue weighted by Gasteiger charge is 1.99. The van der Waals surface area contributed by atoms with Gasteiger partial charge in [0.1, 0.15) is 0 Å². The van der Waals surface area contributed by atoms with Crippen LogP contribution in [0, 0.1) is 0 Å². The number of hydrogen-bond donors (Lipinski definition) is 4. The summed E-state index contributed by atoms with van der Waals surface area (Å²) >= 11 is 0. The SMILES string of the molecule is CCNCCCNCC(C)NCCCCN. The monoisotopic (exact) mass is 230 g/mol. The van der Waals surface area contributed by atoms with E-state index in [1.165, 1.54) is 12.8 Å². The van der Waals surface area contributed by atoms with Crippen molar-refractivity contribution in [2.45, 2.75) is 39.2 Å². The molecule has 0 aliphatic carbocycles. The molecule has 0 aromatic heterocycles. The van der Waals surface area contributed by atoms with Crippen molar-refractivity contribution in [3.8, 4) is 0 Å². The Morgan fingerprint density at radius 3 is 2.44 bits per heavy atom. The quantitative estimate of drug-likeness (QED) is 0.364. The van der Waals surface area contributed by atoms with Gasteiger partial charge in [-0.3, -0.25) is 0 Å². The Labute approximate surface area is 101 Å². The Hall–Kier alpha value is -0.160. The van der Waals surface area contributed by atoms with E-state index in [2.05, 4.69) is 29.8 Å². The lowest BCUT2D eigenvalue weighted by Crippen LogP contribution is -2.37. The van der Waals surface area contributed by atoms with Crippen LogP contribution in [0.2, 0.25) is 0 Å².